The fourth-order valence-electron chi connectivity index (χ4n) is 1.04. The van der Waals surface area contributed by atoms with Crippen molar-refractivity contribution >= 4 is 11.9 Å². The molecule has 0 aliphatic heterocycles. The SMILES string of the molecule is CCCCC(N)=C(C=CC(=O)OC)C(=O)O. The summed E-state index contributed by atoms with van der Waals surface area (Å²) in [4.78, 5) is 21.7. The second-order valence-corrected chi connectivity index (χ2v) is 3.20. The summed E-state index contributed by atoms with van der Waals surface area (Å²) < 4.78 is 4.36. The first-order chi connectivity index (χ1) is 7.52. The Hall–Kier alpha value is -1.78. The van der Waals surface area contributed by atoms with Crippen molar-refractivity contribution in [3.63, 3.8) is 0 Å². The zero-order valence-electron chi connectivity index (χ0n) is 9.53. The summed E-state index contributed by atoms with van der Waals surface area (Å²) in [5.41, 5.74) is 5.84. The van der Waals surface area contributed by atoms with Crippen LogP contribution < -0.4 is 5.73 Å². The minimum absolute atomic E-state index is 0.0566. The highest BCUT2D eigenvalue weighted by molar-refractivity contribution is 5.93. The van der Waals surface area contributed by atoms with Crippen LogP contribution in [0.1, 0.15) is 26.2 Å². The molecule has 0 heterocycles. The Balaban J connectivity index is 4.79. The lowest BCUT2D eigenvalue weighted by molar-refractivity contribution is -0.134. The van der Waals surface area contributed by atoms with E-state index < -0.39 is 11.9 Å². The molecule has 0 unspecified atom stereocenters. The average molecular weight is 227 g/mol. The number of rotatable bonds is 6. The first kappa shape index (κ1) is 14.2. The fourth-order valence-corrected chi connectivity index (χ4v) is 1.04. The number of carboxylic acids is 1. The molecule has 5 heteroatoms. The molecular weight excluding hydrogens is 210 g/mol. The van der Waals surface area contributed by atoms with E-state index in [9.17, 15) is 9.59 Å². The van der Waals surface area contributed by atoms with Crippen molar-refractivity contribution in [1.29, 1.82) is 0 Å². The minimum Gasteiger partial charge on any atom is -0.478 e. The molecule has 0 amide bonds. The molecule has 0 fully saturated rings. The molecule has 3 N–H and O–H groups in total. The molecule has 0 radical (unpaired) electrons. The summed E-state index contributed by atoms with van der Waals surface area (Å²) >= 11 is 0. The first-order valence-corrected chi connectivity index (χ1v) is 5.00. The van der Waals surface area contributed by atoms with E-state index in [-0.39, 0.29) is 11.3 Å². The fraction of sp³-hybridized carbons (Fsp3) is 0.455. The Morgan fingerprint density at radius 2 is 2.00 bits per heavy atom. The number of allylic oxidation sites excluding steroid dienone is 1. The molecule has 0 aromatic rings. The number of carboxylic acid groups (broad SMARTS) is 1. The third kappa shape index (κ3) is 5.19. The average Bonchev–Trinajstić information content (AvgIpc) is 2.25. The predicted octanol–water partition coefficient (Wildman–Crippen LogP) is 1.20. The molecule has 16 heavy (non-hydrogen) atoms. The minimum atomic E-state index is -1.14. The van der Waals surface area contributed by atoms with Crippen molar-refractivity contribution in [3.8, 4) is 0 Å². The summed E-state index contributed by atoms with van der Waals surface area (Å²) in [5.74, 6) is -1.75. The zero-order valence-corrected chi connectivity index (χ0v) is 9.53. The summed E-state index contributed by atoms with van der Waals surface area (Å²) in [6.07, 6.45) is 4.45. The second kappa shape index (κ2) is 7.50. The van der Waals surface area contributed by atoms with Crippen LogP contribution in [0.5, 0.6) is 0 Å². The van der Waals surface area contributed by atoms with Gasteiger partial charge in [-0.1, -0.05) is 13.3 Å². The van der Waals surface area contributed by atoms with Crippen LogP contribution in [0.3, 0.4) is 0 Å². The van der Waals surface area contributed by atoms with E-state index in [4.69, 9.17) is 10.8 Å². The second-order valence-electron chi connectivity index (χ2n) is 3.20. The summed E-state index contributed by atoms with van der Waals surface area (Å²) in [6, 6.07) is 0. The normalized spacial score (nSPS) is 12.4. The van der Waals surface area contributed by atoms with Crippen LogP contribution in [0.25, 0.3) is 0 Å². The van der Waals surface area contributed by atoms with Gasteiger partial charge in [0.25, 0.3) is 0 Å². The number of carbonyl (C=O) groups excluding carboxylic acids is 1. The first-order valence-electron chi connectivity index (χ1n) is 5.00. The number of hydrogen-bond acceptors (Lipinski definition) is 4. The lowest BCUT2D eigenvalue weighted by atomic mass is 10.1. The number of esters is 1. The number of hydrogen-bond donors (Lipinski definition) is 2. The molecule has 5 nitrogen and oxygen atoms in total. The van der Waals surface area contributed by atoms with Crippen molar-refractivity contribution in [2.24, 2.45) is 5.73 Å². The molecule has 0 spiro atoms. The quantitative estimate of drug-likeness (QED) is 0.404. The van der Waals surface area contributed by atoms with Crippen molar-refractivity contribution in [2.75, 3.05) is 7.11 Å². The Bertz CT molecular complexity index is 318. The van der Waals surface area contributed by atoms with Gasteiger partial charge in [-0.05, 0) is 18.9 Å². The van der Waals surface area contributed by atoms with Gasteiger partial charge in [0.15, 0.2) is 0 Å². The van der Waals surface area contributed by atoms with Crippen molar-refractivity contribution in [2.45, 2.75) is 26.2 Å². The zero-order chi connectivity index (χ0) is 12.6. The van der Waals surface area contributed by atoms with E-state index in [1.165, 1.54) is 13.2 Å². The van der Waals surface area contributed by atoms with E-state index in [2.05, 4.69) is 4.74 Å². The molecule has 0 aromatic carbocycles. The highest BCUT2D eigenvalue weighted by Crippen LogP contribution is 2.09. The lowest BCUT2D eigenvalue weighted by Crippen LogP contribution is -2.09. The van der Waals surface area contributed by atoms with Gasteiger partial charge >= 0.3 is 11.9 Å². The van der Waals surface area contributed by atoms with E-state index in [1.807, 2.05) is 6.92 Å². The van der Waals surface area contributed by atoms with Gasteiger partial charge in [0, 0.05) is 11.8 Å². The Morgan fingerprint density at radius 3 is 2.44 bits per heavy atom. The Labute approximate surface area is 94.6 Å². The Kier molecular flexibility index (Phi) is 6.67. The van der Waals surface area contributed by atoms with E-state index >= 15 is 0 Å². The van der Waals surface area contributed by atoms with Gasteiger partial charge in [-0.2, -0.15) is 0 Å². The third-order valence-corrected chi connectivity index (χ3v) is 1.96. The van der Waals surface area contributed by atoms with Crippen molar-refractivity contribution < 1.29 is 19.4 Å². The van der Waals surface area contributed by atoms with Crippen LogP contribution in [-0.4, -0.2) is 24.2 Å². The molecule has 0 aromatic heterocycles. The van der Waals surface area contributed by atoms with Gasteiger partial charge in [-0.3, -0.25) is 0 Å². The molecule has 0 rings (SSSR count). The number of ether oxygens (including phenoxy) is 1. The number of methoxy groups -OCH3 is 1. The summed E-state index contributed by atoms with van der Waals surface area (Å²) in [6.45, 7) is 1.98. The van der Waals surface area contributed by atoms with Gasteiger partial charge < -0.3 is 15.6 Å². The maximum absolute atomic E-state index is 10.9. The largest absolute Gasteiger partial charge is 0.478 e. The maximum Gasteiger partial charge on any atom is 0.337 e. The van der Waals surface area contributed by atoms with Gasteiger partial charge in [-0.25, -0.2) is 9.59 Å². The van der Waals surface area contributed by atoms with Gasteiger partial charge in [0.2, 0.25) is 0 Å². The summed E-state index contributed by atoms with van der Waals surface area (Å²) in [7, 11) is 1.22. The molecule has 0 bridgehead atoms. The highest BCUT2D eigenvalue weighted by atomic mass is 16.5. The number of aliphatic carboxylic acids is 1. The topological polar surface area (TPSA) is 89.6 Å². The molecule has 0 saturated carbocycles. The van der Waals surface area contributed by atoms with Crippen LogP contribution in [0.15, 0.2) is 23.4 Å². The molecule has 0 saturated heterocycles. The number of unbranched alkanes of at least 4 members (excludes halogenated alkanes) is 1. The van der Waals surface area contributed by atoms with Gasteiger partial charge in [0.1, 0.15) is 0 Å². The van der Waals surface area contributed by atoms with Gasteiger partial charge in [0.05, 0.1) is 12.7 Å². The smallest absolute Gasteiger partial charge is 0.337 e. The van der Waals surface area contributed by atoms with Gasteiger partial charge in [-0.15, -0.1) is 0 Å². The van der Waals surface area contributed by atoms with Crippen molar-refractivity contribution in [1.82, 2.24) is 0 Å². The predicted molar refractivity (Wildman–Crippen MR) is 59.5 cm³/mol. The number of nitrogens with two attached hydrogens (primary N) is 1. The molecule has 0 aliphatic rings. The van der Waals surface area contributed by atoms with Crippen LogP contribution in [0.4, 0.5) is 0 Å². The molecule has 90 valence electrons. The summed E-state index contributed by atoms with van der Waals surface area (Å²) in [5, 5.41) is 8.89. The van der Waals surface area contributed by atoms with Crippen LogP contribution in [0.2, 0.25) is 0 Å². The molecule has 0 aliphatic carbocycles. The van der Waals surface area contributed by atoms with Crippen LogP contribution >= 0.6 is 0 Å². The lowest BCUT2D eigenvalue weighted by Gasteiger charge is -2.03. The van der Waals surface area contributed by atoms with Crippen LogP contribution in [0, 0.1) is 0 Å². The number of carbonyl (C=O) groups is 2. The van der Waals surface area contributed by atoms with E-state index in [0.29, 0.717) is 6.42 Å². The third-order valence-electron chi connectivity index (χ3n) is 1.96. The Morgan fingerprint density at radius 1 is 1.38 bits per heavy atom. The van der Waals surface area contributed by atoms with E-state index in [0.717, 1.165) is 18.9 Å². The molecule has 0 atom stereocenters. The monoisotopic (exact) mass is 227 g/mol. The van der Waals surface area contributed by atoms with Crippen molar-refractivity contribution in [3.05, 3.63) is 23.4 Å². The standard InChI is InChI=1S/C11H17NO4/c1-3-4-5-9(12)8(11(14)15)6-7-10(13)16-2/h6-7H,3-5,12H2,1-2H3,(H,14,15). The molecular formula is C11H17NO4. The van der Waals surface area contributed by atoms with E-state index in [1.54, 1.807) is 0 Å². The maximum atomic E-state index is 10.9. The highest BCUT2D eigenvalue weighted by Gasteiger charge is 2.09. The van der Waals surface area contributed by atoms with Crippen LogP contribution in [-0.2, 0) is 14.3 Å².